The highest BCUT2D eigenvalue weighted by molar-refractivity contribution is 5.95. The number of ether oxygens (including phenoxy) is 4. The molecule has 2 N–H and O–H groups in total. The summed E-state index contributed by atoms with van der Waals surface area (Å²) >= 11 is 0. The third-order valence-electron chi connectivity index (χ3n) is 6.00. The van der Waals surface area contributed by atoms with Crippen LogP contribution in [-0.4, -0.2) is 50.5 Å². The molecule has 1 aromatic rings. The Balaban J connectivity index is 2.87. The number of carbonyl (C=O) groups is 2. The quantitative estimate of drug-likeness (QED) is 0.115. The fraction of sp³-hybridized carbons (Fsp3) is 0.600. The summed E-state index contributed by atoms with van der Waals surface area (Å²) in [6.45, 7) is 7.77. The van der Waals surface area contributed by atoms with Crippen LogP contribution in [0.4, 0.5) is 4.79 Å². The lowest BCUT2D eigenvalue weighted by Gasteiger charge is -2.19. The van der Waals surface area contributed by atoms with Crippen molar-refractivity contribution in [2.24, 2.45) is 0 Å². The maximum Gasteiger partial charge on any atom is 0.407 e. The summed E-state index contributed by atoms with van der Waals surface area (Å²) in [5.41, 5.74) is -0.107. The fourth-order valence-corrected chi connectivity index (χ4v) is 3.83. The van der Waals surface area contributed by atoms with Gasteiger partial charge in [-0.15, -0.1) is 37.0 Å². The Hall–Kier alpha value is -3.96. The number of terminal acetylenes is 3. The van der Waals surface area contributed by atoms with Gasteiger partial charge < -0.3 is 29.6 Å². The molecule has 1 aromatic carbocycles. The Morgan fingerprint density at radius 3 is 1.60 bits per heavy atom. The maximum atomic E-state index is 13.1. The van der Waals surface area contributed by atoms with Gasteiger partial charge in [0, 0.05) is 37.9 Å². The van der Waals surface area contributed by atoms with Crippen LogP contribution in [0.1, 0.15) is 108 Å². The van der Waals surface area contributed by atoms with Crippen LogP contribution < -0.4 is 24.8 Å². The molecule has 0 saturated heterocycles. The first-order valence-electron chi connectivity index (χ1n) is 15.3. The Morgan fingerprint density at radius 2 is 1.14 bits per heavy atom. The van der Waals surface area contributed by atoms with Crippen LogP contribution in [0.2, 0.25) is 0 Å². The van der Waals surface area contributed by atoms with Crippen LogP contribution in [-0.2, 0) is 4.74 Å². The van der Waals surface area contributed by atoms with Crippen molar-refractivity contribution in [1.29, 1.82) is 0 Å². The lowest BCUT2D eigenvalue weighted by molar-refractivity contribution is 0.0527. The maximum absolute atomic E-state index is 13.1. The molecule has 2 amide bonds. The number of alkyl carbamates (subject to hydrolysis) is 1. The molecule has 0 heterocycles. The first-order valence-corrected chi connectivity index (χ1v) is 15.3. The molecular weight excluding hydrogens is 544 g/mol. The zero-order valence-corrected chi connectivity index (χ0v) is 26.4. The van der Waals surface area contributed by atoms with E-state index < -0.39 is 11.7 Å². The van der Waals surface area contributed by atoms with Crippen molar-refractivity contribution in [3.8, 4) is 54.3 Å². The summed E-state index contributed by atoms with van der Waals surface area (Å²) in [5, 5.41) is 5.72. The first-order chi connectivity index (χ1) is 20.7. The number of carbonyl (C=O) groups excluding carboxylic acids is 2. The highest BCUT2D eigenvalue weighted by Crippen LogP contribution is 2.39. The Kier molecular flexibility index (Phi) is 19.5. The van der Waals surface area contributed by atoms with Gasteiger partial charge in [0.1, 0.15) is 5.60 Å². The molecule has 0 aliphatic carbocycles. The number of unbranched alkanes of at least 4 members (excludes halogenated alkanes) is 8. The standard InChI is InChI=1S/C35H50N2O6/c1-7-10-13-19-24-40-30-27-29(33(38)36-22-17-16-18-23-37-34(39)43-35(4,5)6)28-31(41-25-20-14-11-8-2)32(30)42-26-21-15-12-9-3/h1-3,27-28H,10-26H2,4-6H3,(H,36,38)(H,37,39). The fourth-order valence-electron chi connectivity index (χ4n) is 3.83. The topological polar surface area (TPSA) is 95.1 Å². The van der Waals surface area contributed by atoms with Crippen LogP contribution >= 0.6 is 0 Å². The highest BCUT2D eigenvalue weighted by atomic mass is 16.6. The lowest BCUT2D eigenvalue weighted by atomic mass is 10.1. The van der Waals surface area contributed by atoms with Crippen molar-refractivity contribution >= 4 is 12.0 Å². The molecule has 0 spiro atoms. The molecule has 0 aromatic heterocycles. The van der Waals surface area contributed by atoms with Gasteiger partial charge in [-0.1, -0.05) is 0 Å². The van der Waals surface area contributed by atoms with Gasteiger partial charge in [-0.25, -0.2) is 4.79 Å². The SMILES string of the molecule is C#CCCCCOc1cc(C(=O)NCCCCCNC(=O)OC(C)(C)C)cc(OCCCCC#C)c1OCCCCC#C. The van der Waals surface area contributed by atoms with E-state index in [0.29, 0.717) is 75.0 Å². The largest absolute Gasteiger partial charge is 0.490 e. The molecule has 0 fully saturated rings. The Morgan fingerprint density at radius 1 is 0.674 bits per heavy atom. The zero-order valence-electron chi connectivity index (χ0n) is 26.4. The Labute approximate surface area is 259 Å². The van der Waals surface area contributed by atoms with E-state index in [2.05, 4.69) is 28.4 Å². The predicted molar refractivity (Wildman–Crippen MR) is 171 cm³/mol. The summed E-state index contributed by atoms with van der Waals surface area (Å²) in [6, 6.07) is 3.40. The number of amides is 2. The molecule has 43 heavy (non-hydrogen) atoms. The molecule has 1 rings (SSSR count). The van der Waals surface area contributed by atoms with Crippen molar-refractivity contribution in [1.82, 2.24) is 10.6 Å². The van der Waals surface area contributed by atoms with Gasteiger partial charge >= 0.3 is 6.09 Å². The minimum Gasteiger partial charge on any atom is -0.490 e. The van der Waals surface area contributed by atoms with E-state index >= 15 is 0 Å². The van der Waals surface area contributed by atoms with Gasteiger partial charge in [0.15, 0.2) is 11.5 Å². The van der Waals surface area contributed by atoms with E-state index in [1.807, 2.05) is 20.8 Å². The van der Waals surface area contributed by atoms with Gasteiger partial charge in [-0.2, -0.15) is 0 Å². The average molecular weight is 595 g/mol. The molecule has 0 radical (unpaired) electrons. The number of hydrogen-bond acceptors (Lipinski definition) is 6. The number of benzene rings is 1. The van der Waals surface area contributed by atoms with Gasteiger partial charge in [0.05, 0.1) is 19.8 Å². The molecule has 236 valence electrons. The lowest BCUT2D eigenvalue weighted by Crippen LogP contribution is -2.33. The molecular formula is C35H50N2O6. The normalized spacial score (nSPS) is 10.5. The van der Waals surface area contributed by atoms with Gasteiger partial charge in [-0.05, 0) is 90.7 Å². The van der Waals surface area contributed by atoms with Crippen LogP contribution in [0.5, 0.6) is 17.2 Å². The summed E-state index contributed by atoms with van der Waals surface area (Å²) in [4.78, 5) is 24.9. The van der Waals surface area contributed by atoms with E-state index in [1.165, 1.54) is 0 Å². The van der Waals surface area contributed by atoms with Crippen LogP contribution in [0.15, 0.2) is 12.1 Å². The van der Waals surface area contributed by atoms with Crippen molar-refractivity contribution in [2.75, 3.05) is 32.9 Å². The van der Waals surface area contributed by atoms with Crippen molar-refractivity contribution < 1.29 is 28.5 Å². The molecule has 8 nitrogen and oxygen atoms in total. The van der Waals surface area contributed by atoms with Gasteiger partial charge in [0.25, 0.3) is 5.91 Å². The number of nitrogens with one attached hydrogen (secondary N) is 2. The van der Waals surface area contributed by atoms with Crippen molar-refractivity contribution in [3.63, 3.8) is 0 Å². The molecule has 0 bridgehead atoms. The average Bonchev–Trinajstić information content (AvgIpc) is 2.95. The summed E-state index contributed by atoms with van der Waals surface area (Å²) in [6.07, 6.45) is 24.9. The molecule has 0 aliphatic heterocycles. The molecule has 0 aliphatic rings. The molecule has 0 saturated carbocycles. The Bertz CT molecular complexity index is 1040. The molecule has 0 atom stereocenters. The van der Waals surface area contributed by atoms with Crippen molar-refractivity contribution in [2.45, 2.75) is 103 Å². The van der Waals surface area contributed by atoms with E-state index in [1.54, 1.807) is 12.1 Å². The van der Waals surface area contributed by atoms with E-state index in [0.717, 1.165) is 57.8 Å². The highest BCUT2D eigenvalue weighted by Gasteiger charge is 2.19. The van der Waals surface area contributed by atoms with Gasteiger partial charge in [-0.3, -0.25) is 4.79 Å². The first kappa shape index (κ1) is 37.1. The molecule has 8 heteroatoms. The minimum absolute atomic E-state index is 0.234. The number of rotatable bonds is 22. The molecule has 0 unspecified atom stereocenters. The zero-order chi connectivity index (χ0) is 31.8. The van der Waals surface area contributed by atoms with E-state index in [4.69, 9.17) is 38.2 Å². The van der Waals surface area contributed by atoms with Gasteiger partial charge in [0.2, 0.25) is 5.75 Å². The van der Waals surface area contributed by atoms with Crippen LogP contribution in [0.3, 0.4) is 0 Å². The smallest absolute Gasteiger partial charge is 0.407 e. The monoisotopic (exact) mass is 594 g/mol. The summed E-state index contributed by atoms with van der Waals surface area (Å²) in [5.74, 6) is 9.07. The second-order valence-electron chi connectivity index (χ2n) is 11.1. The van der Waals surface area contributed by atoms with Crippen LogP contribution in [0, 0.1) is 37.0 Å². The summed E-state index contributed by atoms with van der Waals surface area (Å²) in [7, 11) is 0. The van der Waals surface area contributed by atoms with Crippen LogP contribution in [0.25, 0.3) is 0 Å². The van der Waals surface area contributed by atoms with E-state index in [9.17, 15) is 9.59 Å². The van der Waals surface area contributed by atoms with E-state index in [-0.39, 0.29) is 5.91 Å². The number of hydrogen-bond donors (Lipinski definition) is 2. The third-order valence-corrected chi connectivity index (χ3v) is 6.00. The minimum atomic E-state index is -0.527. The summed E-state index contributed by atoms with van der Waals surface area (Å²) < 4.78 is 23.6. The predicted octanol–water partition coefficient (Wildman–Crippen LogP) is 6.66. The second kappa shape index (κ2) is 22.6. The second-order valence-corrected chi connectivity index (χ2v) is 11.1. The van der Waals surface area contributed by atoms with Crippen molar-refractivity contribution in [3.05, 3.63) is 17.7 Å². The third kappa shape index (κ3) is 18.2.